The maximum absolute atomic E-state index is 12.1. The Morgan fingerprint density at radius 2 is 2.13 bits per heavy atom. The molecule has 0 saturated carbocycles. The van der Waals surface area contributed by atoms with Crippen molar-refractivity contribution in [3.8, 4) is 5.75 Å². The van der Waals surface area contributed by atoms with E-state index in [0.29, 0.717) is 12.4 Å². The molecule has 5 nitrogen and oxygen atoms in total. The molecular weight excluding hydrogens is 314 g/mol. The molecule has 0 radical (unpaired) electrons. The van der Waals surface area contributed by atoms with E-state index in [1.807, 2.05) is 41.8 Å². The molecule has 2 aromatic rings. The van der Waals surface area contributed by atoms with Gasteiger partial charge in [-0.3, -0.25) is 4.79 Å². The van der Waals surface area contributed by atoms with Crippen LogP contribution in [0.15, 0.2) is 47.4 Å². The van der Waals surface area contributed by atoms with Gasteiger partial charge in [-0.2, -0.15) is 0 Å². The highest BCUT2D eigenvalue weighted by atomic mass is 32.2. The second-order valence-electron chi connectivity index (χ2n) is 5.31. The van der Waals surface area contributed by atoms with Crippen LogP contribution in [0.2, 0.25) is 0 Å². The number of thioether (sulfide) groups is 1. The van der Waals surface area contributed by atoms with Crippen LogP contribution < -0.4 is 10.2 Å². The first kappa shape index (κ1) is 16.1. The zero-order valence-electron chi connectivity index (χ0n) is 12.8. The Labute approximate surface area is 138 Å². The molecule has 0 unspecified atom stereocenters. The van der Waals surface area contributed by atoms with Crippen LogP contribution in [0.3, 0.4) is 0 Å². The molecule has 122 valence electrons. The van der Waals surface area contributed by atoms with E-state index >= 15 is 0 Å². The maximum Gasteiger partial charge on any atom is 0.223 e. The fourth-order valence-corrected chi connectivity index (χ4v) is 3.46. The molecule has 1 aromatic carbocycles. The first-order chi connectivity index (χ1) is 11.2. The van der Waals surface area contributed by atoms with E-state index in [0.717, 1.165) is 17.0 Å². The molecule has 3 rings (SSSR count). The van der Waals surface area contributed by atoms with E-state index in [2.05, 4.69) is 0 Å². The Morgan fingerprint density at radius 1 is 1.35 bits per heavy atom. The molecule has 1 fully saturated rings. The van der Waals surface area contributed by atoms with Gasteiger partial charge in [-0.05, 0) is 12.5 Å². The van der Waals surface area contributed by atoms with Crippen molar-refractivity contribution in [1.82, 2.24) is 4.57 Å². The number of aliphatic hydroxyl groups is 1. The van der Waals surface area contributed by atoms with Crippen molar-refractivity contribution >= 4 is 11.8 Å². The van der Waals surface area contributed by atoms with Crippen LogP contribution in [-0.4, -0.2) is 27.5 Å². The lowest BCUT2D eigenvalue weighted by Crippen LogP contribution is -2.20. The zero-order chi connectivity index (χ0) is 16.2. The van der Waals surface area contributed by atoms with Crippen molar-refractivity contribution < 1.29 is 14.6 Å². The van der Waals surface area contributed by atoms with Crippen LogP contribution in [0.25, 0.3) is 0 Å². The predicted molar refractivity (Wildman–Crippen MR) is 89.7 cm³/mol. The molecule has 1 aromatic heterocycles. The molecule has 0 amide bonds. The number of nitrogens with zero attached hydrogens (tertiary/aromatic N) is 1. The molecule has 0 bridgehead atoms. The van der Waals surface area contributed by atoms with E-state index < -0.39 is 0 Å². The van der Waals surface area contributed by atoms with Crippen molar-refractivity contribution in [2.75, 3.05) is 12.4 Å². The SMILES string of the molecule is Cc1c(OCc2ccccc2)c(=O)ccn1[C@H]1CS[C@@H](CO)O1. The lowest BCUT2D eigenvalue weighted by atomic mass is 10.2. The van der Waals surface area contributed by atoms with Gasteiger partial charge in [-0.1, -0.05) is 30.3 Å². The summed E-state index contributed by atoms with van der Waals surface area (Å²) in [5, 5.41) is 9.18. The van der Waals surface area contributed by atoms with Crippen molar-refractivity contribution in [1.29, 1.82) is 0 Å². The van der Waals surface area contributed by atoms with Crippen molar-refractivity contribution in [2.45, 2.75) is 25.2 Å². The van der Waals surface area contributed by atoms with Crippen LogP contribution in [0.4, 0.5) is 0 Å². The highest BCUT2D eigenvalue weighted by Crippen LogP contribution is 2.32. The monoisotopic (exact) mass is 333 g/mol. The number of benzene rings is 1. The van der Waals surface area contributed by atoms with Crippen LogP contribution in [0, 0.1) is 6.92 Å². The second kappa shape index (κ2) is 7.21. The Hall–Kier alpha value is -1.76. The Kier molecular flexibility index (Phi) is 5.05. The zero-order valence-corrected chi connectivity index (χ0v) is 13.7. The second-order valence-corrected chi connectivity index (χ2v) is 6.50. The molecule has 1 aliphatic heterocycles. The Morgan fingerprint density at radius 3 is 2.83 bits per heavy atom. The number of aromatic nitrogens is 1. The summed E-state index contributed by atoms with van der Waals surface area (Å²) >= 11 is 1.56. The average Bonchev–Trinajstić information content (AvgIpc) is 3.04. The number of rotatable bonds is 5. The third-order valence-electron chi connectivity index (χ3n) is 3.75. The van der Waals surface area contributed by atoms with Gasteiger partial charge < -0.3 is 19.1 Å². The van der Waals surface area contributed by atoms with Gasteiger partial charge in [0.2, 0.25) is 5.43 Å². The molecule has 2 heterocycles. The van der Waals surface area contributed by atoms with Crippen LogP contribution in [-0.2, 0) is 11.3 Å². The van der Waals surface area contributed by atoms with Gasteiger partial charge in [0.1, 0.15) is 18.3 Å². The lowest BCUT2D eigenvalue weighted by Gasteiger charge is -2.20. The Balaban J connectivity index is 1.80. The van der Waals surface area contributed by atoms with Gasteiger partial charge in [-0.25, -0.2) is 0 Å². The summed E-state index contributed by atoms with van der Waals surface area (Å²) in [6.07, 6.45) is 1.52. The van der Waals surface area contributed by atoms with Gasteiger partial charge >= 0.3 is 0 Å². The van der Waals surface area contributed by atoms with Gasteiger partial charge in [0, 0.05) is 18.0 Å². The van der Waals surface area contributed by atoms with Crippen LogP contribution >= 0.6 is 11.8 Å². The van der Waals surface area contributed by atoms with Gasteiger partial charge in [0.05, 0.1) is 12.3 Å². The summed E-state index contributed by atoms with van der Waals surface area (Å²) in [5.41, 5.74) is 1.39. The number of aliphatic hydroxyl groups excluding tert-OH is 1. The van der Waals surface area contributed by atoms with Crippen molar-refractivity contribution in [3.05, 3.63) is 64.1 Å². The first-order valence-corrected chi connectivity index (χ1v) is 8.50. The van der Waals surface area contributed by atoms with E-state index in [1.54, 1.807) is 18.0 Å². The molecule has 0 spiro atoms. The minimum atomic E-state index is -0.215. The van der Waals surface area contributed by atoms with Crippen LogP contribution in [0.5, 0.6) is 5.75 Å². The van der Waals surface area contributed by atoms with Crippen molar-refractivity contribution in [3.63, 3.8) is 0 Å². The third kappa shape index (κ3) is 3.60. The largest absolute Gasteiger partial charge is 0.483 e. The normalized spacial score (nSPS) is 20.6. The standard InChI is InChI=1S/C17H19NO4S/c1-12-17(21-10-13-5-3-2-4-6-13)14(20)7-8-18(12)15-11-23-16(9-19)22-15/h2-8,15-16,19H,9-11H2,1H3/t15-,16+/m1/s1. The summed E-state index contributed by atoms with van der Waals surface area (Å²) in [6, 6.07) is 11.2. The number of ether oxygens (including phenoxy) is 2. The summed E-state index contributed by atoms with van der Waals surface area (Å²) in [7, 11) is 0. The molecule has 1 aliphatic rings. The smallest absolute Gasteiger partial charge is 0.223 e. The summed E-state index contributed by atoms with van der Waals surface area (Å²) < 4.78 is 13.4. The van der Waals surface area contributed by atoms with Gasteiger partial charge in [-0.15, -0.1) is 11.8 Å². The molecular formula is C17H19NO4S. The molecule has 23 heavy (non-hydrogen) atoms. The Bertz CT molecular complexity index is 716. The topological polar surface area (TPSA) is 60.7 Å². The van der Waals surface area contributed by atoms with E-state index in [4.69, 9.17) is 9.47 Å². The van der Waals surface area contributed by atoms with E-state index in [-0.39, 0.29) is 23.7 Å². The number of hydrogen-bond donors (Lipinski definition) is 1. The molecule has 0 aliphatic carbocycles. The molecule has 6 heteroatoms. The average molecular weight is 333 g/mol. The fraction of sp³-hybridized carbons (Fsp3) is 0.353. The minimum Gasteiger partial charge on any atom is -0.483 e. The number of pyridine rings is 1. The van der Waals surface area contributed by atoms with Crippen LogP contribution in [0.1, 0.15) is 17.5 Å². The predicted octanol–water partition coefficient (Wildman–Crippen LogP) is 2.32. The molecule has 2 atom stereocenters. The lowest BCUT2D eigenvalue weighted by molar-refractivity contribution is -0.00550. The maximum atomic E-state index is 12.1. The van der Waals surface area contributed by atoms with E-state index in [9.17, 15) is 9.90 Å². The van der Waals surface area contributed by atoms with Gasteiger partial charge in [0.15, 0.2) is 5.75 Å². The molecule has 1 N–H and O–H groups in total. The minimum absolute atomic E-state index is 0.0161. The quantitative estimate of drug-likeness (QED) is 0.910. The highest BCUT2D eigenvalue weighted by molar-refractivity contribution is 8.00. The summed E-state index contributed by atoms with van der Waals surface area (Å²) in [5.74, 6) is 1.07. The fourth-order valence-electron chi connectivity index (χ4n) is 2.53. The molecule has 1 saturated heterocycles. The third-order valence-corrected chi connectivity index (χ3v) is 4.85. The first-order valence-electron chi connectivity index (χ1n) is 7.45. The number of hydrogen-bond acceptors (Lipinski definition) is 5. The summed E-state index contributed by atoms with van der Waals surface area (Å²) in [4.78, 5) is 12.1. The van der Waals surface area contributed by atoms with E-state index in [1.165, 1.54) is 6.07 Å². The van der Waals surface area contributed by atoms with Gasteiger partial charge in [0.25, 0.3) is 0 Å². The van der Waals surface area contributed by atoms with Crippen molar-refractivity contribution in [2.24, 2.45) is 0 Å². The highest BCUT2D eigenvalue weighted by Gasteiger charge is 2.27. The summed E-state index contributed by atoms with van der Waals surface area (Å²) in [6.45, 7) is 2.18.